The van der Waals surface area contributed by atoms with Crippen molar-refractivity contribution in [3.8, 4) is 17.0 Å². The minimum absolute atomic E-state index is 0.0705. The molecule has 1 aromatic heterocycles. The summed E-state index contributed by atoms with van der Waals surface area (Å²) >= 11 is 0.951. The number of amides is 3. The molecule has 0 saturated carbocycles. The molecule has 8 heteroatoms. The highest BCUT2D eigenvalue weighted by Gasteiger charge is 2.22. The number of anilines is 1. The normalized spacial score (nSPS) is 10.4. The van der Waals surface area contributed by atoms with Gasteiger partial charge in [0.2, 0.25) is 5.88 Å². The molecule has 0 atom stereocenters. The monoisotopic (exact) mass is 396 g/mol. The Hall–Kier alpha value is -3.39. The van der Waals surface area contributed by atoms with Crippen LogP contribution >= 0.6 is 11.5 Å². The van der Waals surface area contributed by atoms with Crippen LogP contribution in [0.4, 0.5) is 9.80 Å². The van der Waals surface area contributed by atoms with Crippen molar-refractivity contribution in [2.24, 2.45) is 5.73 Å². The van der Waals surface area contributed by atoms with Gasteiger partial charge in [0.15, 0.2) is 0 Å². The smallest absolute Gasteiger partial charge is 0.321 e. The second kappa shape index (κ2) is 8.53. The molecule has 0 aliphatic heterocycles. The Morgan fingerprint density at radius 1 is 1.07 bits per heavy atom. The Labute approximate surface area is 166 Å². The SMILES string of the molecule is CN(C)C(=O)Nc1snc(OCc2ccc(-c3ccccc3)cc2)c1C(N)=O. The molecule has 0 fully saturated rings. The van der Waals surface area contributed by atoms with Crippen LogP contribution in [-0.2, 0) is 6.61 Å². The number of primary amides is 1. The summed E-state index contributed by atoms with van der Waals surface area (Å²) in [6.45, 7) is 0.222. The van der Waals surface area contributed by atoms with E-state index in [0.717, 1.165) is 28.2 Å². The van der Waals surface area contributed by atoms with Crippen molar-refractivity contribution in [3.63, 3.8) is 0 Å². The molecule has 2 aromatic carbocycles. The van der Waals surface area contributed by atoms with Gasteiger partial charge in [0.05, 0.1) is 0 Å². The van der Waals surface area contributed by atoms with Crippen molar-refractivity contribution in [2.45, 2.75) is 6.61 Å². The Morgan fingerprint density at radius 3 is 2.32 bits per heavy atom. The van der Waals surface area contributed by atoms with E-state index in [1.54, 1.807) is 14.1 Å². The summed E-state index contributed by atoms with van der Waals surface area (Å²) in [5.74, 6) is -0.601. The molecule has 0 radical (unpaired) electrons. The maximum absolute atomic E-state index is 11.8. The predicted octanol–water partition coefficient (Wildman–Crippen LogP) is 3.58. The molecule has 1 heterocycles. The zero-order valence-electron chi connectivity index (χ0n) is 15.5. The molecule has 3 amide bonds. The third kappa shape index (κ3) is 4.47. The van der Waals surface area contributed by atoms with Crippen molar-refractivity contribution in [1.82, 2.24) is 9.27 Å². The van der Waals surface area contributed by atoms with Crippen LogP contribution in [0.5, 0.6) is 5.88 Å². The summed E-state index contributed by atoms with van der Waals surface area (Å²) in [5.41, 5.74) is 8.67. The molecule has 0 aliphatic carbocycles. The Morgan fingerprint density at radius 2 is 1.71 bits per heavy atom. The lowest BCUT2D eigenvalue weighted by molar-refractivity contribution is 0.0996. The van der Waals surface area contributed by atoms with Crippen molar-refractivity contribution in [3.05, 3.63) is 65.7 Å². The molecule has 0 saturated heterocycles. The molecule has 3 rings (SSSR count). The Kier molecular flexibility index (Phi) is 5.90. The van der Waals surface area contributed by atoms with Gasteiger partial charge in [-0.15, -0.1) is 0 Å². The molecule has 28 heavy (non-hydrogen) atoms. The van der Waals surface area contributed by atoms with Crippen LogP contribution in [0, 0.1) is 0 Å². The van der Waals surface area contributed by atoms with E-state index in [9.17, 15) is 9.59 Å². The van der Waals surface area contributed by atoms with Crippen LogP contribution in [0.25, 0.3) is 11.1 Å². The summed E-state index contributed by atoms with van der Waals surface area (Å²) in [6.07, 6.45) is 0. The number of carbonyl (C=O) groups excluding carboxylic acids is 2. The molecule has 144 valence electrons. The number of urea groups is 1. The van der Waals surface area contributed by atoms with Crippen LogP contribution in [0.15, 0.2) is 54.6 Å². The number of aromatic nitrogens is 1. The summed E-state index contributed by atoms with van der Waals surface area (Å²) in [7, 11) is 3.19. The molecular weight excluding hydrogens is 376 g/mol. The number of hydrogen-bond acceptors (Lipinski definition) is 5. The molecular formula is C20H20N4O3S. The topological polar surface area (TPSA) is 97.6 Å². The number of nitrogens with two attached hydrogens (primary N) is 1. The van der Waals surface area contributed by atoms with Gasteiger partial charge in [0.1, 0.15) is 17.2 Å². The van der Waals surface area contributed by atoms with Crippen LogP contribution in [0.2, 0.25) is 0 Å². The highest BCUT2D eigenvalue weighted by molar-refractivity contribution is 7.11. The minimum Gasteiger partial charge on any atom is -0.472 e. The molecule has 0 aliphatic rings. The van der Waals surface area contributed by atoms with Gasteiger partial charge in [-0.25, -0.2) is 4.79 Å². The summed E-state index contributed by atoms with van der Waals surface area (Å²) in [4.78, 5) is 25.0. The van der Waals surface area contributed by atoms with Crippen LogP contribution < -0.4 is 15.8 Å². The number of nitrogens with one attached hydrogen (secondary N) is 1. The fourth-order valence-corrected chi connectivity index (χ4v) is 3.19. The molecule has 0 unspecified atom stereocenters. The van der Waals surface area contributed by atoms with E-state index in [2.05, 4.69) is 9.69 Å². The van der Waals surface area contributed by atoms with E-state index >= 15 is 0 Å². The largest absolute Gasteiger partial charge is 0.472 e. The molecule has 7 nitrogen and oxygen atoms in total. The third-order valence-electron chi connectivity index (χ3n) is 3.97. The first-order valence-electron chi connectivity index (χ1n) is 8.50. The van der Waals surface area contributed by atoms with Crippen LogP contribution in [0.3, 0.4) is 0 Å². The van der Waals surface area contributed by atoms with E-state index in [1.165, 1.54) is 4.90 Å². The standard InChI is InChI=1S/C20H20N4O3S/c1-24(2)20(26)22-19-16(17(21)25)18(23-28-19)27-12-13-8-10-15(11-9-13)14-6-4-3-5-7-14/h3-11H,12H2,1-2H3,(H2,21,25)(H,22,26). The van der Waals surface area contributed by atoms with Gasteiger partial charge in [-0.05, 0) is 28.2 Å². The van der Waals surface area contributed by atoms with Gasteiger partial charge in [0.25, 0.3) is 5.91 Å². The van der Waals surface area contributed by atoms with Crippen molar-refractivity contribution < 1.29 is 14.3 Å². The molecule has 3 N–H and O–H groups in total. The van der Waals surface area contributed by atoms with Gasteiger partial charge in [-0.3, -0.25) is 10.1 Å². The number of rotatable bonds is 6. The van der Waals surface area contributed by atoms with Gasteiger partial charge < -0.3 is 15.4 Å². The van der Waals surface area contributed by atoms with E-state index in [0.29, 0.717) is 0 Å². The highest BCUT2D eigenvalue weighted by Crippen LogP contribution is 2.31. The Balaban J connectivity index is 1.71. The first-order valence-corrected chi connectivity index (χ1v) is 9.28. The van der Waals surface area contributed by atoms with Gasteiger partial charge in [-0.1, -0.05) is 54.6 Å². The highest BCUT2D eigenvalue weighted by atomic mass is 32.1. The van der Waals surface area contributed by atoms with Gasteiger partial charge >= 0.3 is 6.03 Å². The maximum atomic E-state index is 11.8. The molecule has 0 spiro atoms. The van der Waals surface area contributed by atoms with E-state index in [-0.39, 0.29) is 29.1 Å². The number of ether oxygens (including phenoxy) is 1. The van der Waals surface area contributed by atoms with Crippen LogP contribution in [-0.4, -0.2) is 35.3 Å². The van der Waals surface area contributed by atoms with Crippen LogP contribution in [0.1, 0.15) is 15.9 Å². The van der Waals surface area contributed by atoms with Crippen molar-refractivity contribution in [1.29, 1.82) is 0 Å². The molecule has 3 aromatic rings. The van der Waals surface area contributed by atoms with E-state index in [4.69, 9.17) is 10.5 Å². The van der Waals surface area contributed by atoms with Crippen molar-refractivity contribution >= 4 is 28.5 Å². The van der Waals surface area contributed by atoms with Gasteiger partial charge in [0, 0.05) is 14.1 Å². The quantitative estimate of drug-likeness (QED) is 0.665. The first kappa shape index (κ1) is 19.4. The second-order valence-electron chi connectivity index (χ2n) is 6.23. The second-order valence-corrected chi connectivity index (χ2v) is 7.01. The van der Waals surface area contributed by atoms with E-state index in [1.807, 2.05) is 54.6 Å². The first-order chi connectivity index (χ1) is 13.5. The van der Waals surface area contributed by atoms with E-state index < -0.39 is 5.91 Å². The number of nitrogens with zero attached hydrogens (tertiary/aromatic N) is 2. The average Bonchev–Trinajstić information content (AvgIpc) is 3.10. The maximum Gasteiger partial charge on any atom is 0.321 e. The summed E-state index contributed by atoms with van der Waals surface area (Å²) < 4.78 is 9.80. The summed E-state index contributed by atoms with van der Waals surface area (Å²) in [5, 5.41) is 2.86. The third-order valence-corrected chi connectivity index (χ3v) is 4.72. The number of hydrogen-bond donors (Lipinski definition) is 2. The zero-order chi connectivity index (χ0) is 20.1. The lowest BCUT2D eigenvalue weighted by Gasteiger charge is -2.11. The van der Waals surface area contributed by atoms with Crippen molar-refractivity contribution in [2.75, 3.05) is 19.4 Å². The lowest BCUT2D eigenvalue weighted by Crippen LogP contribution is -2.28. The number of benzene rings is 2. The predicted molar refractivity (Wildman–Crippen MR) is 110 cm³/mol. The fraction of sp³-hybridized carbons (Fsp3) is 0.150. The Bertz CT molecular complexity index is 969. The lowest BCUT2D eigenvalue weighted by atomic mass is 10.0. The average molecular weight is 396 g/mol. The summed E-state index contributed by atoms with van der Waals surface area (Å²) in [6, 6.07) is 17.6. The van der Waals surface area contributed by atoms with Gasteiger partial charge in [-0.2, -0.15) is 4.37 Å². The number of carbonyl (C=O) groups is 2. The fourth-order valence-electron chi connectivity index (χ4n) is 2.46. The minimum atomic E-state index is -0.711. The molecule has 0 bridgehead atoms. The zero-order valence-corrected chi connectivity index (χ0v) is 16.3.